The SMILES string of the molecule is CC(C)(C)C(=O)OC[N+]1(C)CC[C@]23CCCC[C@H]2[C@H]1Cc1ccc(OC(=O)C(C)(C)C)cc13. The van der Waals surface area contributed by atoms with E-state index in [4.69, 9.17) is 9.47 Å². The summed E-state index contributed by atoms with van der Waals surface area (Å²) in [6.45, 7) is 12.9. The lowest BCUT2D eigenvalue weighted by Gasteiger charge is -2.61. The van der Waals surface area contributed by atoms with E-state index < -0.39 is 10.8 Å². The van der Waals surface area contributed by atoms with E-state index in [0.717, 1.165) is 23.9 Å². The summed E-state index contributed by atoms with van der Waals surface area (Å²) < 4.78 is 12.5. The Morgan fingerprint density at radius 1 is 1.03 bits per heavy atom. The molecule has 2 bridgehead atoms. The van der Waals surface area contributed by atoms with Gasteiger partial charge < -0.3 is 9.47 Å². The first-order chi connectivity index (χ1) is 15.3. The van der Waals surface area contributed by atoms with E-state index in [1.54, 1.807) is 0 Å². The first kappa shape index (κ1) is 24.3. The first-order valence-electron chi connectivity index (χ1n) is 12.6. The Kier molecular flexibility index (Phi) is 5.96. The molecule has 0 radical (unpaired) electrons. The fraction of sp³-hybridized carbons (Fsp3) is 0.714. The van der Waals surface area contributed by atoms with Crippen LogP contribution in [0.2, 0.25) is 0 Å². The zero-order valence-electron chi connectivity index (χ0n) is 21.6. The van der Waals surface area contributed by atoms with Crippen LogP contribution in [0.3, 0.4) is 0 Å². The van der Waals surface area contributed by atoms with Crippen molar-refractivity contribution in [2.45, 2.75) is 91.5 Å². The number of ether oxygens (including phenoxy) is 2. The van der Waals surface area contributed by atoms with Gasteiger partial charge in [-0.15, -0.1) is 0 Å². The first-order valence-corrected chi connectivity index (χ1v) is 12.6. The largest absolute Gasteiger partial charge is 0.426 e. The third-order valence-corrected chi connectivity index (χ3v) is 8.40. The fourth-order valence-corrected chi connectivity index (χ4v) is 6.35. The molecule has 1 aliphatic heterocycles. The molecule has 1 unspecified atom stereocenters. The molecular formula is C28H42NO4+. The molecule has 1 heterocycles. The number of carbonyl (C=O) groups is 2. The Labute approximate surface area is 199 Å². The number of benzene rings is 1. The third-order valence-electron chi connectivity index (χ3n) is 8.40. The van der Waals surface area contributed by atoms with Crippen molar-refractivity contribution in [3.63, 3.8) is 0 Å². The molecule has 2 aliphatic carbocycles. The maximum atomic E-state index is 12.5. The standard InChI is InChI=1S/C28H42NO4/c1-26(2,3)24(30)32-18-29(7)15-14-28-13-9-8-10-21(28)23(29)16-19-11-12-20(17-22(19)28)33-25(31)27(4,5)6/h11-12,17,21,23H,8-10,13-16,18H2,1-7H3/q+1/t21-,23+,28+,29?/m0/s1. The monoisotopic (exact) mass is 456 g/mol. The van der Waals surface area contributed by atoms with E-state index in [1.165, 1.54) is 36.8 Å². The number of nitrogens with zero attached hydrogens (tertiary/aromatic N) is 1. The lowest BCUT2D eigenvalue weighted by Crippen LogP contribution is -2.69. The fourth-order valence-electron chi connectivity index (χ4n) is 6.35. The van der Waals surface area contributed by atoms with Gasteiger partial charge in [-0.2, -0.15) is 0 Å². The van der Waals surface area contributed by atoms with Gasteiger partial charge in [0.05, 0.1) is 30.5 Å². The molecule has 1 saturated heterocycles. The van der Waals surface area contributed by atoms with Gasteiger partial charge in [0.25, 0.3) is 0 Å². The highest BCUT2D eigenvalue weighted by Crippen LogP contribution is 2.57. The minimum atomic E-state index is -0.527. The highest BCUT2D eigenvalue weighted by atomic mass is 16.5. The maximum absolute atomic E-state index is 12.5. The number of piperidine rings is 1. The van der Waals surface area contributed by atoms with Gasteiger partial charge >= 0.3 is 11.9 Å². The van der Waals surface area contributed by atoms with Gasteiger partial charge in [0.1, 0.15) is 5.75 Å². The van der Waals surface area contributed by atoms with E-state index in [-0.39, 0.29) is 17.4 Å². The van der Waals surface area contributed by atoms with Crippen molar-refractivity contribution in [1.82, 2.24) is 0 Å². The molecular weight excluding hydrogens is 414 g/mol. The summed E-state index contributed by atoms with van der Waals surface area (Å²) in [5.41, 5.74) is 1.91. The lowest BCUT2D eigenvalue weighted by atomic mass is 9.52. The molecule has 4 atom stereocenters. The summed E-state index contributed by atoms with van der Waals surface area (Å²) in [6.07, 6.45) is 6.99. The summed E-state index contributed by atoms with van der Waals surface area (Å²) in [6, 6.07) is 6.75. The van der Waals surface area contributed by atoms with Gasteiger partial charge in [0.2, 0.25) is 6.73 Å². The molecule has 182 valence electrons. The predicted molar refractivity (Wildman–Crippen MR) is 129 cm³/mol. The van der Waals surface area contributed by atoms with Crippen LogP contribution >= 0.6 is 0 Å². The van der Waals surface area contributed by atoms with Gasteiger partial charge in [-0.1, -0.05) is 18.9 Å². The Balaban J connectivity index is 1.65. The zero-order chi connectivity index (χ0) is 24.2. The number of hydrogen-bond acceptors (Lipinski definition) is 4. The molecule has 0 amide bonds. The van der Waals surface area contributed by atoms with Crippen molar-refractivity contribution < 1.29 is 23.5 Å². The minimum Gasteiger partial charge on any atom is -0.426 e. The molecule has 5 heteroatoms. The molecule has 1 aromatic rings. The zero-order valence-corrected chi connectivity index (χ0v) is 21.6. The van der Waals surface area contributed by atoms with Crippen molar-refractivity contribution in [3.8, 4) is 5.75 Å². The summed E-state index contributed by atoms with van der Waals surface area (Å²) in [7, 11) is 2.28. The van der Waals surface area contributed by atoms with Crippen molar-refractivity contribution in [2.24, 2.45) is 16.7 Å². The Morgan fingerprint density at radius 2 is 1.73 bits per heavy atom. The van der Waals surface area contributed by atoms with Crippen molar-refractivity contribution in [1.29, 1.82) is 0 Å². The number of fused-ring (bicyclic) bond motifs is 1. The van der Waals surface area contributed by atoms with Crippen molar-refractivity contribution in [2.75, 3.05) is 20.3 Å². The number of esters is 2. The van der Waals surface area contributed by atoms with E-state index in [1.807, 2.05) is 47.6 Å². The van der Waals surface area contributed by atoms with Crippen molar-refractivity contribution in [3.05, 3.63) is 29.3 Å². The predicted octanol–water partition coefficient (Wildman–Crippen LogP) is 5.39. The molecule has 1 saturated carbocycles. The molecule has 5 nitrogen and oxygen atoms in total. The van der Waals surface area contributed by atoms with Crippen molar-refractivity contribution >= 4 is 11.9 Å². The number of likely N-dealkylation sites (N-methyl/N-ethyl adjacent to an activating group) is 1. The van der Waals surface area contributed by atoms with Crippen LogP contribution in [-0.4, -0.2) is 42.8 Å². The quantitative estimate of drug-likeness (QED) is 0.348. The van der Waals surface area contributed by atoms with Crippen LogP contribution in [-0.2, 0) is 26.2 Å². The second-order valence-electron chi connectivity index (χ2n) is 13.0. The maximum Gasteiger partial charge on any atom is 0.316 e. The molecule has 33 heavy (non-hydrogen) atoms. The van der Waals surface area contributed by atoms with Gasteiger partial charge in [-0.25, -0.2) is 0 Å². The molecule has 0 spiro atoms. The minimum absolute atomic E-state index is 0.121. The topological polar surface area (TPSA) is 52.6 Å². The van der Waals surface area contributed by atoms with Crippen LogP contribution < -0.4 is 4.74 Å². The normalized spacial score (nSPS) is 31.2. The third kappa shape index (κ3) is 4.34. The van der Waals surface area contributed by atoms with E-state index in [0.29, 0.717) is 24.4 Å². The van der Waals surface area contributed by atoms with Gasteiger partial charge in [-0.05, 0) is 77.6 Å². The van der Waals surface area contributed by atoms with E-state index >= 15 is 0 Å². The Morgan fingerprint density at radius 3 is 2.39 bits per heavy atom. The van der Waals surface area contributed by atoms with Crippen LogP contribution in [0.25, 0.3) is 0 Å². The molecule has 1 aromatic carbocycles. The summed E-state index contributed by atoms with van der Waals surface area (Å²) in [5.74, 6) is 0.929. The van der Waals surface area contributed by atoms with Crippen LogP contribution in [0.15, 0.2) is 18.2 Å². The highest BCUT2D eigenvalue weighted by Gasteiger charge is 2.59. The average molecular weight is 457 g/mol. The van der Waals surface area contributed by atoms with Gasteiger partial charge in [0, 0.05) is 24.2 Å². The molecule has 0 N–H and O–H groups in total. The number of hydrogen-bond donors (Lipinski definition) is 0. The summed E-state index contributed by atoms with van der Waals surface area (Å²) in [5, 5.41) is 0. The Bertz CT molecular complexity index is 940. The summed E-state index contributed by atoms with van der Waals surface area (Å²) >= 11 is 0. The van der Waals surface area contributed by atoms with Gasteiger partial charge in [0.15, 0.2) is 0 Å². The number of quaternary nitrogens is 1. The number of rotatable bonds is 3. The highest BCUT2D eigenvalue weighted by molar-refractivity contribution is 5.78. The summed E-state index contributed by atoms with van der Waals surface area (Å²) in [4.78, 5) is 25.0. The average Bonchev–Trinajstić information content (AvgIpc) is 2.74. The molecule has 2 fully saturated rings. The Hall–Kier alpha value is -1.88. The lowest BCUT2D eigenvalue weighted by molar-refractivity contribution is -0.959. The van der Waals surface area contributed by atoms with Crippen LogP contribution in [0, 0.1) is 16.7 Å². The molecule has 3 aliphatic rings. The van der Waals surface area contributed by atoms with Crippen LogP contribution in [0.5, 0.6) is 5.75 Å². The number of carbonyl (C=O) groups excluding carboxylic acids is 2. The van der Waals surface area contributed by atoms with Crippen LogP contribution in [0.4, 0.5) is 0 Å². The smallest absolute Gasteiger partial charge is 0.316 e. The molecule has 4 rings (SSSR count). The second-order valence-corrected chi connectivity index (χ2v) is 13.0. The second kappa shape index (κ2) is 8.11. The molecule has 0 aromatic heterocycles. The van der Waals surface area contributed by atoms with E-state index in [2.05, 4.69) is 19.2 Å². The van der Waals surface area contributed by atoms with E-state index in [9.17, 15) is 9.59 Å². The van der Waals surface area contributed by atoms with Gasteiger partial charge in [-0.3, -0.25) is 14.1 Å². The van der Waals surface area contributed by atoms with Crippen LogP contribution in [0.1, 0.15) is 84.8 Å². The number of likely N-dealkylation sites (tertiary alicyclic amines) is 1.